The topological polar surface area (TPSA) is 69.7 Å². The monoisotopic (exact) mass is 293 g/mol. The smallest absolute Gasteiger partial charge is 0.325 e. The van der Waals surface area contributed by atoms with Crippen LogP contribution in [0, 0.1) is 0 Å². The highest BCUT2D eigenvalue weighted by Crippen LogP contribution is 2.19. The van der Waals surface area contributed by atoms with E-state index in [9.17, 15) is 14.4 Å². The summed E-state index contributed by atoms with van der Waals surface area (Å²) < 4.78 is 0. The molecule has 0 unspecified atom stereocenters. The molecule has 0 radical (unpaired) electrons. The minimum atomic E-state index is -0.928. The summed E-state index contributed by atoms with van der Waals surface area (Å²) in [4.78, 5) is 39.0. The van der Waals surface area contributed by atoms with E-state index in [2.05, 4.69) is 12.2 Å². The quantitative estimate of drug-likeness (QED) is 0.613. The maximum atomic E-state index is 12.4. The molecule has 0 aliphatic carbocycles. The van der Waals surface area contributed by atoms with Crippen LogP contribution < -0.4 is 5.32 Å². The maximum absolute atomic E-state index is 12.4. The Kier molecular flexibility index (Phi) is 4.34. The number of hydrogen-bond donors (Lipinski definition) is 1. The number of hydrogen-bond acceptors (Lipinski definition) is 3. The lowest BCUT2D eigenvalue weighted by Crippen LogP contribution is -2.46. The summed E-state index contributed by atoms with van der Waals surface area (Å²) in [6.07, 6.45) is 7.05. The van der Waals surface area contributed by atoms with Crippen LogP contribution >= 0.6 is 0 Å². The van der Waals surface area contributed by atoms with E-state index in [0.29, 0.717) is 6.54 Å². The Morgan fingerprint density at radius 3 is 2.71 bits per heavy atom. The second-order valence-electron chi connectivity index (χ2n) is 6.13. The summed E-state index contributed by atoms with van der Waals surface area (Å²) in [5.74, 6) is -0.527. The molecule has 0 aromatic carbocycles. The third kappa shape index (κ3) is 3.09. The van der Waals surface area contributed by atoms with Crippen molar-refractivity contribution in [2.75, 3.05) is 13.1 Å². The van der Waals surface area contributed by atoms with Gasteiger partial charge in [-0.25, -0.2) is 4.79 Å². The first-order valence-electron chi connectivity index (χ1n) is 7.47. The van der Waals surface area contributed by atoms with Gasteiger partial charge in [-0.1, -0.05) is 31.9 Å². The van der Waals surface area contributed by atoms with Gasteiger partial charge in [0.25, 0.3) is 5.91 Å². The Balaban J connectivity index is 1.98. The van der Waals surface area contributed by atoms with E-state index in [-0.39, 0.29) is 24.4 Å². The van der Waals surface area contributed by atoms with Gasteiger partial charge >= 0.3 is 6.03 Å². The summed E-state index contributed by atoms with van der Waals surface area (Å²) in [6, 6.07) is -0.401. The molecule has 1 N–H and O–H groups in total. The Hall–Kier alpha value is -1.85. The molecule has 6 nitrogen and oxygen atoms in total. The lowest BCUT2D eigenvalue weighted by Gasteiger charge is -2.26. The van der Waals surface area contributed by atoms with Crippen LogP contribution in [-0.2, 0) is 9.59 Å². The highest BCUT2D eigenvalue weighted by Gasteiger charge is 2.45. The van der Waals surface area contributed by atoms with Gasteiger partial charge in [0.05, 0.1) is 6.04 Å². The average Bonchev–Trinajstić information content (AvgIpc) is 2.95. The molecular formula is C15H23N3O3. The molecule has 0 spiro atoms. The summed E-state index contributed by atoms with van der Waals surface area (Å²) in [6.45, 7) is 5.76. The number of urea groups is 1. The zero-order valence-electron chi connectivity index (χ0n) is 12.9. The second kappa shape index (κ2) is 5.87. The third-order valence-electron chi connectivity index (χ3n) is 3.97. The van der Waals surface area contributed by atoms with Gasteiger partial charge < -0.3 is 10.2 Å². The fourth-order valence-electron chi connectivity index (χ4n) is 2.71. The zero-order chi connectivity index (χ0) is 15.6. The molecule has 2 aliphatic rings. The number of rotatable bonds is 5. The van der Waals surface area contributed by atoms with Crippen molar-refractivity contribution in [3.63, 3.8) is 0 Å². The average molecular weight is 293 g/mol. The standard InChI is InChI=1S/C15H23N3O3/c1-4-5-7-11-8-6-9-17(11)12(19)10-18-13(20)15(2,3)16-14(18)21/h6,8,11H,4-5,7,9-10H2,1-3H3,(H,16,21)/t11-/m1/s1. The molecule has 0 bridgehead atoms. The summed E-state index contributed by atoms with van der Waals surface area (Å²) >= 11 is 0. The van der Waals surface area contributed by atoms with Crippen molar-refractivity contribution < 1.29 is 14.4 Å². The largest absolute Gasteiger partial charge is 0.331 e. The molecule has 4 amide bonds. The van der Waals surface area contributed by atoms with Gasteiger partial charge in [0.1, 0.15) is 12.1 Å². The predicted molar refractivity (Wildman–Crippen MR) is 78.5 cm³/mol. The van der Waals surface area contributed by atoms with Gasteiger partial charge in [0.15, 0.2) is 0 Å². The lowest BCUT2D eigenvalue weighted by atomic mass is 10.1. The van der Waals surface area contributed by atoms with E-state index in [1.165, 1.54) is 0 Å². The van der Waals surface area contributed by atoms with Crippen LogP contribution in [0.3, 0.4) is 0 Å². The van der Waals surface area contributed by atoms with E-state index >= 15 is 0 Å². The van der Waals surface area contributed by atoms with Crippen molar-refractivity contribution >= 4 is 17.8 Å². The summed E-state index contributed by atoms with van der Waals surface area (Å²) in [5, 5.41) is 2.59. The van der Waals surface area contributed by atoms with Gasteiger partial charge in [-0.2, -0.15) is 0 Å². The number of nitrogens with one attached hydrogen (secondary N) is 1. The molecule has 0 aromatic rings. The molecule has 0 aromatic heterocycles. The normalized spacial score (nSPS) is 23.9. The van der Waals surface area contributed by atoms with Gasteiger partial charge in [0.2, 0.25) is 5.91 Å². The fourth-order valence-corrected chi connectivity index (χ4v) is 2.71. The number of unbranched alkanes of at least 4 members (excludes halogenated alkanes) is 1. The molecule has 1 atom stereocenters. The van der Waals surface area contributed by atoms with E-state index in [4.69, 9.17) is 0 Å². The third-order valence-corrected chi connectivity index (χ3v) is 3.97. The van der Waals surface area contributed by atoms with Crippen LogP contribution in [0.25, 0.3) is 0 Å². The molecule has 6 heteroatoms. The van der Waals surface area contributed by atoms with Crippen LogP contribution in [0.4, 0.5) is 4.79 Å². The molecule has 1 saturated heterocycles. The van der Waals surface area contributed by atoms with E-state index in [1.807, 2.05) is 12.2 Å². The fraction of sp³-hybridized carbons (Fsp3) is 0.667. The molecule has 116 valence electrons. The van der Waals surface area contributed by atoms with Gasteiger partial charge in [0, 0.05) is 6.54 Å². The van der Waals surface area contributed by atoms with Crippen molar-refractivity contribution in [3.8, 4) is 0 Å². The van der Waals surface area contributed by atoms with Crippen LogP contribution in [0.5, 0.6) is 0 Å². The van der Waals surface area contributed by atoms with Gasteiger partial charge in [-0.05, 0) is 20.3 Å². The van der Waals surface area contributed by atoms with Crippen molar-refractivity contribution in [1.82, 2.24) is 15.1 Å². The van der Waals surface area contributed by atoms with Crippen molar-refractivity contribution in [1.29, 1.82) is 0 Å². The van der Waals surface area contributed by atoms with Crippen molar-refractivity contribution in [3.05, 3.63) is 12.2 Å². The minimum Gasteiger partial charge on any atom is -0.331 e. The number of amides is 4. The maximum Gasteiger partial charge on any atom is 0.325 e. The van der Waals surface area contributed by atoms with Gasteiger partial charge in [-0.3, -0.25) is 14.5 Å². The van der Waals surface area contributed by atoms with E-state index in [1.54, 1.807) is 18.7 Å². The minimum absolute atomic E-state index is 0.0891. The SMILES string of the molecule is CCCC[C@@H]1C=CCN1C(=O)CN1C(=O)NC(C)(C)C1=O. The Labute approximate surface area is 125 Å². The van der Waals surface area contributed by atoms with Crippen molar-refractivity contribution in [2.24, 2.45) is 0 Å². The Morgan fingerprint density at radius 1 is 1.43 bits per heavy atom. The number of carbonyl (C=O) groups is 3. The second-order valence-corrected chi connectivity index (χ2v) is 6.13. The Morgan fingerprint density at radius 2 is 2.14 bits per heavy atom. The first-order chi connectivity index (χ1) is 9.86. The van der Waals surface area contributed by atoms with Crippen LogP contribution in [-0.4, -0.2) is 52.3 Å². The van der Waals surface area contributed by atoms with E-state index in [0.717, 1.165) is 24.2 Å². The highest BCUT2D eigenvalue weighted by atomic mass is 16.2. The first kappa shape index (κ1) is 15.5. The molecule has 2 rings (SSSR count). The molecule has 1 fully saturated rings. The molecule has 0 saturated carbocycles. The molecule has 21 heavy (non-hydrogen) atoms. The van der Waals surface area contributed by atoms with Crippen LogP contribution in [0.15, 0.2) is 12.2 Å². The number of carbonyl (C=O) groups excluding carboxylic acids is 3. The van der Waals surface area contributed by atoms with Crippen molar-refractivity contribution in [2.45, 2.75) is 51.6 Å². The molecule has 2 aliphatic heterocycles. The summed E-state index contributed by atoms with van der Waals surface area (Å²) in [7, 11) is 0. The zero-order valence-corrected chi connectivity index (χ0v) is 12.9. The Bertz CT molecular complexity index is 485. The van der Waals surface area contributed by atoms with Gasteiger partial charge in [-0.15, -0.1) is 0 Å². The highest BCUT2D eigenvalue weighted by molar-refractivity contribution is 6.08. The van der Waals surface area contributed by atoms with Crippen LogP contribution in [0.1, 0.15) is 40.0 Å². The molecule has 2 heterocycles. The number of imide groups is 1. The lowest BCUT2D eigenvalue weighted by molar-refractivity contribution is -0.138. The number of nitrogens with zero attached hydrogens (tertiary/aromatic N) is 2. The van der Waals surface area contributed by atoms with Crippen LogP contribution in [0.2, 0.25) is 0 Å². The summed E-state index contributed by atoms with van der Waals surface area (Å²) in [5.41, 5.74) is -0.928. The first-order valence-corrected chi connectivity index (χ1v) is 7.47. The predicted octanol–water partition coefficient (Wildman–Crippen LogP) is 1.27. The van der Waals surface area contributed by atoms with E-state index < -0.39 is 11.6 Å². The molecular weight excluding hydrogens is 270 g/mol.